The maximum absolute atomic E-state index is 13.8. The van der Waals surface area contributed by atoms with Gasteiger partial charge in [0.05, 0.1) is 11.5 Å². The Morgan fingerprint density at radius 1 is 1.23 bits per heavy atom. The number of benzene rings is 2. The Labute approximate surface area is 182 Å². The van der Waals surface area contributed by atoms with Gasteiger partial charge in [0.25, 0.3) is 5.91 Å². The fourth-order valence-electron chi connectivity index (χ4n) is 2.70. The summed E-state index contributed by atoms with van der Waals surface area (Å²) in [5.41, 5.74) is 1.08. The average Bonchev–Trinajstić information content (AvgIpc) is 2.96. The molecule has 3 rings (SSSR count). The van der Waals surface area contributed by atoms with E-state index in [1.807, 2.05) is 6.92 Å². The first-order valence-electron chi connectivity index (χ1n) is 8.99. The quantitative estimate of drug-likeness (QED) is 0.483. The van der Waals surface area contributed by atoms with E-state index in [0.717, 1.165) is 16.7 Å². The van der Waals surface area contributed by atoms with Crippen molar-refractivity contribution in [3.8, 4) is 11.5 Å². The van der Waals surface area contributed by atoms with Crippen molar-refractivity contribution in [1.82, 2.24) is 4.90 Å². The fraction of sp³-hybridized carbons (Fsp3) is 0.190. The summed E-state index contributed by atoms with van der Waals surface area (Å²) in [5, 5.41) is 8.93. The molecule has 1 fully saturated rings. The van der Waals surface area contributed by atoms with Crippen LogP contribution >= 0.6 is 24.0 Å². The van der Waals surface area contributed by atoms with E-state index in [2.05, 4.69) is 0 Å². The van der Waals surface area contributed by atoms with Gasteiger partial charge < -0.3 is 14.6 Å². The summed E-state index contributed by atoms with van der Waals surface area (Å²) in [4.78, 5) is 24.7. The number of hydrogen-bond donors (Lipinski definition) is 1. The van der Waals surface area contributed by atoms with E-state index in [-0.39, 0.29) is 16.7 Å². The van der Waals surface area contributed by atoms with Crippen molar-refractivity contribution < 1.29 is 28.6 Å². The predicted molar refractivity (Wildman–Crippen MR) is 116 cm³/mol. The second kappa shape index (κ2) is 9.73. The van der Waals surface area contributed by atoms with Crippen LogP contribution in [0.25, 0.3) is 6.08 Å². The summed E-state index contributed by atoms with van der Waals surface area (Å²) in [6, 6.07) is 11.4. The van der Waals surface area contributed by atoms with E-state index in [1.165, 1.54) is 6.07 Å². The molecule has 156 valence electrons. The van der Waals surface area contributed by atoms with Gasteiger partial charge in [0.1, 0.15) is 23.3 Å². The van der Waals surface area contributed by atoms with Gasteiger partial charge in [0.15, 0.2) is 11.5 Å². The van der Waals surface area contributed by atoms with Gasteiger partial charge >= 0.3 is 5.97 Å². The minimum Gasteiger partial charge on any atom is -0.490 e. The number of carboxylic acid groups (broad SMARTS) is 1. The van der Waals surface area contributed by atoms with Crippen LogP contribution in [0.3, 0.4) is 0 Å². The van der Waals surface area contributed by atoms with Crippen LogP contribution in [0.2, 0.25) is 0 Å². The Balaban J connectivity index is 1.80. The number of carbonyl (C=O) groups excluding carboxylic acids is 1. The first kappa shape index (κ1) is 21.8. The largest absolute Gasteiger partial charge is 0.490 e. The number of rotatable bonds is 8. The number of carbonyl (C=O) groups is 2. The average molecular weight is 448 g/mol. The van der Waals surface area contributed by atoms with Crippen molar-refractivity contribution in [3.63, 3.8) is 0 Å². The van der Waals surface area contributed by atoms with Crippen LogP contribution in [0, 0.1) is 5.82 Å². The molecule has 0 unspecified atom stereocenters. The Morgan fingerprint density at radius 3 is 2.70 bits per heavy atom. The highest BCUT2D eigenvalue weighted by Crippen LogP contribution is 2.35. The van der Waals surface area contributed by atoms with Crippen molar-refractivity contribution >= 4 is 46.3 Å². The third kappa shape index (κ3) is 5.17. The second-order valence-corrected chi connectivity index (χ2v) is 7.86. The number of hydrogen-bond acceptors (Lipinski definition) is 6. The molecule has 2 aromatic carbocycles. The summed E-state index contributed by atoms with van der Waals surface area (Å²) < 4.78 is 25.4. The minimum absolute atomic E-state index is 0.0416. The number of ether oxygens (including phenoxy) is 2. The highest BCUT2D eigenvalue weighted by Gasteiger charge is 2.33. The summed E-state index contributed by atoms with van der Waals surface area (Å²) in [7, 11) is 0. The zero-order chi connectivity index (χ0) is 21.7. The number of aliphatic carboxylic acids is 1. The van der Waals surface area contributed by atoms with Crippen molar-refractivity contribution in [1.29, 1.82) is 0 Å². The molecule has 0 saturated carbocycles. The van der Waals surface area contributed by atoms with Crippen molar-refractivity contribution in [2.75, 3.05) is 13.2 Å². The fourth-order valence-corrected chi connectivity index (χ4v) is 3.95. The van der Waals surface area contributed by atoms with Crippen LogP contribution in [-0.4, -0.2) is 39.4 Å². The minimum atomic E-state index is -1.14. The summed E-state index contributed by atoms with van der Waals surface area (Å²) in [6.45, 7) is 1.78. The number of amides is 1. The Hall–Kier alpha value is -2.91. The molecular weight excluding hydrogens is 429 g/mol. The molecule has 0 bridgehead atoms. The molecule has 1 aliphatic heterocycles. The van der Waals surface area contributed by atoms with Gasteiger partial charge in [-0.25, -0.2) is 4.39 Å². The normalized spacial score (nSPS) is 15.0. The molecule has 0 aliphatic carbocycles. The summed E-state index contributed by atoms with van der Waals surface area (Å²) in [5.74, 6) is -1.05. The van der Waals surface area contributed by atoms with E-state index >= 15 is 0 Å². The molecule has 9 heteroatoms. The Morgan fingerprint density at radius 2 is 2.00 bits per heavy atom. The smallest absolute Gasteiger partial charge is 0.323 e. The van der Waals surface area contributed by atoms with Gasteiger partial charge in [-0.1, -0.05) is 48.2 Å². The number of thiocarbonyl (C=S) groups is 1. The SMILES string of the molecule is CCOc1cc(/C=C2/SC(=S)N(CC(=O)O)C2=O)ccc1OCc1ccccc1F. The van der Waals surface area contributed by atoms with E-state index in [9.17, 15) is 14.0 Å². The van der Waals surface area contributed by atoms with Gasteiger partial charge in [-0.15, -0.1) is 0 Å². The highest BCUT2D eigenvalue weighted by molar-refractivity contribution is 8.26. The number of carboxylic acids is 1. The zero-order valence-electron chi connectivity index (χ0n) is 16.0. The predicted octanol–water partition coefficient (Wildman–Crippen LogP) is 4.09. The molecule has 2 aromatic rings. The zero-order valence-corrected chi connectivity index (χ0v) is 17.6. The lowest BCUT2D eigenvalue weighted by Crippen LogP contribution is -2.33. The van der Waals surface area contributed by atoms with Crippen LogP contribution in [0.1, 0.15) is 18.1 Å². The van der Waals surface area contributed by atoms with E-state index in [4.69, 9.17) is 26.8 Å². The first-order valence-corrected chi connectivity index (χ1v) is 10.2. The number of halogens is 1. The van der Waals surface area contributed by atoms with Crippen molar-refractivity contribution in [2.24, 2.45) is 0 Å². The molecule has 0 atom stereocenters. The topological polar surface area (TPSA) is 76.1 Å². The highest BCUT2D eigenvalue weighted by atomic mass is 32.2. The monoisotopic (exact) mass is 447 g/mol. The van der Waals surface area contributed by atoms with Gasteiger partial charge in [-0.2, -0.15) is 0 Å². The van der Waals surface area contributed by atoms with Crippen LogP contribution in [-0.2, 0) is 16.2 Å². The molecule has 1 heterocycles. The third-order valence-corrected chi connectivity index (χ3v) is 5.45. The number of nitrogens with zero attached hydrogens (tertiary/aromatic N) is 1. The molecular formula is C21H18FNO5S2. The molecule has 1 saturated heterocycles. The van der Waals surface area contributed by atoms with Crippen LogP contribution in [0.15, 0.2) is 47.4 Å². The molecule has 0 aromatic heterocycles. The van der Waals surface area contributed by atoms with Gasteiger partial charge in [-0.05, 0) is 36.8 Å². The van der Waals surface area contributed by atoms with Crippen LogP contribution < -0.4 is 9.47 Å². The van der Waals surface area contributed by atoms with E-state index in [1.54, 1.807) is 42.5 Å². The lowest BCUT2D eigenvalue weighted by molar-refractivity contribution is -0.140. The van der Waals surface area contributed by atoms with Gasteiger partial charge in [0.2, 0.25) is 0 Å². The van der Waals surface area contributed by atoms with Crippen LogP contribution in [0.4, 0.5) is 4.39 Å². The van der Waals surface area contributed by atoms with Crippen molar-refractivity contribution in [2.45, 2.75) is 13.5 Å². The molecule has 6 nitrogen and oxygen atoms in total. The molecule has 1 aliphatic rings. The molecule has 0 radical (unpaired) electrons. The molecule has 30 heavy (non-hydrogen) atoms. The first-order chi connectivity index (χ1) is 14.4. The summed E-state index contributed by atoms with van der Waals surface area (Å²) in [6.07, 6.45) is 1.62. The standard InChI is InChI=1S/C21H18FNO5S2/c1-2-27-17-9-13(10-18-20(26)23(11-19(24)25)21(29)30-18)7-8-16(17)28-12-14-5-3-4-6-15(14)22/h3-10H,2,11-12H2,1H3,(H,24,25)/b18-10+. The maximum atomic E-state index is 13.8. The Kier molecular flexibility index (Phi) is 7.07. The summed E-state index contributed by atoms with van der Waals surface area (Å²) >= 11 is 6.14. The van der Waals surface area contributed by atoms with E-state index < -0.39 is 18.4 Å². The Bertz CT molecular complexity index is 1020. The molecule has 0 spiro atoms. The van der Waals surface area contributed by atoms with Crippen LogP contribution in [0.5, 0.6) is 11.5 Å². The maximum Gasteiger partial charge on any atom is 0.323 e. The van der Waals surface area contributed by atoms with E-state index in [0.29, 0.717) is 34.1 Å². The van der Waals surface area contributed by atoms with Gasteiger partial charge in [-0.3, -0.25) is 14.5 Å². The van der Waals surface area contributed by atoms with Gasteiger partial charge in [0, 0.05) is 5.56 Å². The lowest BCUT2D eigenvalue weighted by Gasteiger charge is -2.13. The molecule has 1 N–H and O–H groups in total. The third-order valence-electron chi connectivity index (χ3n) is 4.07. The molecule has 1 amide bonds. The van der Waals surface area contributed by atoms with Crippen molar-refractivity contribution in [3.05, 3.63) is 64.3 Å². The second-order valence-electron chi connectivity index (χ2n) is 6.18. The number of thioether (sulfide) groups is 1. The lowest BCUT2D eigenvalue weighted by atomic mass is 10.1.